The molecule has 0 aromatic heterocycles. The van der Waals surface area contributed by atoms with Crippen molar-refractivity contribution < 1.29 is 39.2 Å². The average molecular weight is 625 g/mol. The second kappa shape index (κ2) is 16.3. The standard InChI is InChI=1S/C35H35N3O8/c39-27-15-11-24(12-16-27)20-30(38-35(45)46-22-26-9-5-2-6-10-26)33(42)36-29(19-23-7-3-1-4-8-23)32(41)37-31(34(43)44)21-25-13-17-28(40)18-14-25/h1-18,29-31,39-40H,19-22H2,(H,36,42)(H,37,41)(H,38,45)(H,43,44)/p-1/t29-,30+,31-/m0/s1. The molecule has 11 nitrogen and oxygen atoms in total. The van der Waals surface area contributed by atoms with Crippen LogP contribution in [-0.2, 0) is 45.0 Å². The molecule has 0 spiro atoms. The maximum absolute atomic E-state index is 13.7. The Morgan fingerprint density at radius 2 is 0.935 bits per heavy atom. The molecule has 4 aromatic carbocycles. The number of carboxylic acid groups (broad SMARTS) is 1. The number of ether oxygens (including phenoxy) is 1. The van der Waals surface area contributed by atoms with Crippen LogP contribution >= 0.6 is 0 Å². The molecular formula is C35H34N3O8-. The maximum Gasteiger partial charge on any atom is 0.408 e. The second-order valence-electron chi connectivity index (χ2n) is 10.6. The Balaban J connectivity index is 1.52. The lowest BCUT2D eigenvalue weighted by atomic mass is 10.0. The SMILES string of the molecule is O=C(N[C@H](Cc1ccc(O)cc1)C(=O)N[C@@H](Cc1ccccc1)C(=O)N[C@@H](Cc1ccc(O)cc1)C(=O)[O-])OCc1ccccc1. The molecule has 11 heteroatoms. The number of hydrogen-bond donors (Lipinski definition) is 5. The molecule has 46 heavy (non-hydrogen) atoms. The molecule has 0 saturated heterocycles. The first kappa shape index (κ1) is 33.1. The summed E-state index contributed by atoms with van der Waals surface area (Å²) in [6, 6.07) is 25.8. The van der Waals surface area contributed by atoms with Crippen molar-refractivity contribution in [2.75, 3.05) is 0 Å². The highest BCUT2D eigenvalue weighted by atomic mass is 16.5. The number of phenols is 2. The summed E-state index contributed by atoms with van der Waals surface area (Å²) in [5, 5.41) is 38.9. The van der Waals surface area contributed by atoms with E-state index in [1.807, 2.05) is 6.07 Å². The van der Waals surface area contributed by atoms with E-state index >= 15 is 0 Å². The van der Waals surface area contributed by atoms with Gasteiger partial charge in [-0.3, -0.25) is 9.59 Å². The molecule has 0 aliphatic carbocycles. The van der Waals surface area contributed by atoms with Gasteiger partial charge in [-0.05, 0) is 52.9 Å². The number of carbonyl (C=O) groups is 4. The molecule has 0 aliphatic rings. The van der Waals surface area contributed by atoms with Gasteiger partial charge in [0, 0.05) is 12.8 Å². The maximum atomic E-state index is 13.7. The number of aromatic hydroxyl groups is 2. The van der Waals surface area contributed by atoms with Gasteiger partial charge >= 0.3 is 6.09 Å². The molecule has 0 fully saturated rings. The lowest BCUT2D eigenvalue weighted by Crippen LogP contribution is -2.58. The third kappa shape index (κ3) is 10.4. The van der Waals surface area contributed by atoms with Gasteiger partial charge in [0.1, 0.15) is 30.2 Å². The first-order chi connectivity index (χ1) is 22.2. The lowest BCUT2D eigenvalue weighted by molar-refractivity contribution is -0.308. The molecule has 0 bridgehead atoms. The summed E-state index contributed by atoms with van der Waals surface area (Å²) in [5.74, 6) is -3.00. The molecule has 0 heterocycles. The molecule has 3 atom stereocenters. The van der Waals surface area contributed by atoms with Crippen LogP contribution in [0.3, 0.4) is 0 Å². The summed E-state index contributed by atoms with van der Waals surface area (Å²) < 4.78 is 5.32. The van der Waals surface area contributed by atoms with Gasteiger partial charge in [0.15, 0.2) is 0 Å². The summed E-state index contributed by atoms with van der Waals surface area (Å²) in [6.07, 6.45) is -0.979. The Morgan fingerprint density at radius 1 is 0.543 bits per heavy atom. The zero-order valence-corrected chi connectivity index (χ0v) is 24.8. The van der Waals surface area contributed by atoms with Crippen LogP contribution in [0.2, 0.25) is 0 Å². The van der Waals surface area contributed by atoms with Crippen molar-refractivity contribution in [3.05, 3.63) is 131 Å². The topological polar surface area (TPSA) is 177 Å². The highest BCUT2D eigenvalue weighted by molar-refractivity contribution is 5.93. The number of rotatable bonds is 14. The number of phenolic OH excluding ortho intramolecular Hbond substituents is 2. The van der Waals surface area contributed by atoms with Crippen LogP contribution in [0.5, 0.6) is 11.5 Å². The third-order valence-electron chi connectivity index (χ3n) is 7.09. The van der Waals surface area contributed by atoms with Crippen molar-refractivity contribution >= 4 is 23.9 Å². The number of alkyl carbamates (subject to hydrolysis) is 1. The summed E-state index contributed by atoms with van der Waals surface area (Å²) in [5.41, 5.74) is 2.57. The van der Waals surface area contributed by atoms with Gasteiger partial charge in [-0.1, -0.05) is 84.9 Å². The average Bonchev–Trinajstić information content (AvgIpc) is 3.05. The highest BCUT2D eigenvalue weighted by Crippen LogP contribution is 2.14. The van der Waals surface area contributed by atoms with E-state index in [0.717, 1.165) is 5.56 Å². The number of carbonyl (C=O) groups excluding carboxylic acids is 4. The van der Waals surface area contributed by atoms with E-state index in [9.17, 15) is 34.5 Å². The van der Waals surface area contributed by atoms with E-state index in [0.29, 0.717) is 16.7 Å². The number of aliphatic carboxylic acids is 1. The van der Waals surface area contributed by atoms with Crippen molar-refractivity contribution in [3.8, 4) is 11.5 Å². The summed E-state index contributed by atoms with van der Waals surface area (Å²) in [6.45, 7) is -0.0368. The lowest BCUT2D eigenvalue weighted by Gasteiger charge is -2.26. The number of amides is 3. The van der Waals surface area contributed by atoms with Crippen LogP contribution < -0.4 is 21.1 Å². The van der Waals surface area contributed by atoms with E-state index in [-0.39, 0.29) is 37.4 Å². The van der Waals surface area contributed by atoms with Crippen molar-refractivity contribution in [1.82, 2.24) is 16.0 Å². The minimum Gasteiger partial charge on any atom is -0.548 e. The van der Waals surface area contributed by atoms with Crippen molar-refractivity contribution in [3.63, 3.8) is 0 Å². The van der Waals surface area contributed by atoms with Gasteiger partial charge < -0.3 is 40.8 Å². The van der Waals surface area contributed by atoms with Gasteiger partial charge in [0.25, 0.3) is 0 Å². The molecule has 0 radical (unpaired) electrons. The second-order valence-corrected chi connectivity index (χ2v) is 10.6. The Bertz CT molecular complexity index is 1600. The Morgan fingerprint density at radius 3 is 1.41 bits per heavy atom. The normalized spacial score (nSPS) is 12.6. The van der Waals surface area contributed by atoms with Crippen LogP contribution in [0.4, 0.5) is 4.79 Å². The molecule has 0 aliphatic heterocycles. The minimum absolute atomic E-state index is 0.00263. The molecule has 5 N–H and O–H groups in total. The summed E-state index contributed by atoms with van der Waals surface area (Å²) >= 11 is 0. The smallest absolute Gasteiger partial charge is 0.408 e. The van der Waals surface area contributed by atoms with Gasteiger partial charge in [-0.15, -0.1) is 0 Å². The van der Waals surface area contributed by atoms with Crippen LogP contribution in [0.1, 0.15) is 22.3 Å². The zero-order valence-electron chi connectivity index (χ0n) is 24.8. The fourth-order valence-corrected chi connectivity index (χ4v) is 4.65. The van der Waals surface area contributed by atoms with E-state index in [2.05, 4.69) is 16.0 Å². The van der Waals surface area contributed by atoms with Gasteiger partial charge in [0.2, 0.25) is 11.8 Å². The van der Waals surface area contributed by atoms with Crippen molar-refractivity contribution in [2.45, 2.75) is 44.0 Å². The van der Waals surface area contributed by atoms with Crippen LogP contribution in [0.25, 0.3) is 0 Å². The number of carboxylic acids is 1. The molecule has 4 rings (SSSR count). The number of benzene rings is 4. The molecular weight excluding hydrogens is 590 g/mol. The monoisotopic (exact) mass is 624 g/mol. The predicted molar refractivity (Wildman–Crippen MR) is 166 cm³/mol. The largest absolute Gasteiger partial charge is 0.548 e. The number of hydrogen-bond acceptors (Lipinski definition) is 8. The fourth-order valence-electron chi connectivity index (χ4n) is 4.65. The quantitative estimate of drug-likeness (QED) is 0.142. The minimum atomic E-state index is -1.53. The molecule has 238 valence electrons. The Kier molecular flexibility index (Phi) is 11.7. The van der Waals surface area contributed by atoms with Crippen LogP contribution in [-0.4, -0.2) is 52.2 Å². The number of nitrogens with one attached hydrogen (secondary N) is 3. The molecule has 3 amide bonds. The van der Waals surface area contributed by atoms with Crippen LogP contribution in [0, 0.1) is 0 Å². The van der Waals surface area contributed by atoms with Gasteiger partial charge in [-0.2, -0.15) is 0 Å². The van der Waals surface area contributed by atoms with Gasteiger partial charge in [0.05, 0.1) is 12.0 Å². The fraction of sp³-hybridized carbons (Fsp3) is 0.200. The van der Waals surface area contributed by atoms with Gasteiger partial charge in [-0.25, -0.2) is 4.79 Å². The summed E-state index contributed by atoms with van der Waals surface area (Å²) in [4.78, 5) is 52.0. The van der Waals surface area contributed by atoms with E-state index < -0.39 is 42.0 Å². The zero-order chi connectivity index (χ0) is 32.9. The van der Waals surface area contributed by atoms with Crippen molar-refractivity contribution in [1.29, 1.82) is 0 Å². The first-order valence-electron chi connectivity index (χ1n) is 14.5. The molecule has 0 saturated carbocycles. The molecule has 4 aromatic rings. The van der Waals surface area contributed by atoms with E-state index in [4.69, 9.17) is 4.74 Å². The molecule has 0 unspecified atom stereocenters. The van der Waals surface area contributed by atoms with Crippen molar-refractivity contribution in [2.24, 2.45) is 0 Å². The summed E-state index contributed by atoms with van der Waals surface area (Å²) in [7, 11) is 0. The predicted octanol–water partition coefficient (Wildman–Crippen LogP) is 2.14. The van der Waals surface area contributed by atoms with E-state index in [1.165, 1.54) is 36.4 Å². The highest BCUT2D eigenvalue weighted by Gasteiger charge is 2.29. The van der Waals surface area contributed by atoms with Crippen LogP contribution in [0.15, 0.2) is 109 Å². The third-order valence-corrected chi connectivity index (χ3v) is 7.09. The Labute approximate surface area is 265 Å². The van der Waals surface area contributed by atoms with E-state index in [1.54, 1.807) is 66.7 Å². The first-order valence-corrected chi connectivity index (χ1v) is 14.5. The Hall–Kier alpha value is -5.84.